The van der Waals surface area contributed by atoms with Crippen molar-refractivity contribution in [2.24, 2.45) is 0 Å². The third-order valence-electron chi connectivity index (χ3n) is 9.67. The molecule has 9 heteroatoms. The van der Waals surface area contributed by atoms with E-state index in [1.165, 1.54) is 46.6 Å². The first kappa shape index (κ1) is 30.4. The van der Waals surface area contributed by atoms with Gasteiger partial charge in [-0.2, -0.15) is 0 Å². The summed E-state index contributed by atoms with van der Waals surface area (Å²) < 4.78 is 97.0. The Morgan fingerprint density at radius 3 is 1.33 bits per heavy atom. The van der Waals surface area contributed by atoms with Gasteiger partial charge in [-0.3, -0.25) is 0 Å². The predicted molar refractivity (Wildman–Crippen MR) is 153 cm³/mol. The molecule has 0 N–H and O–H groups in total. The van der Waals surface area contributed by atoms with Gasteiger partial charge >= 0.3 is 251 Å². The van der Waals surface area contributed by atoms with Crippen LogP contribution in [0.4, 0.5) is 26.3 Å². The van der Waals surface area contributed by atoms with Crippen LogP contribution < -0.4 is 5.63 Å². The Bertz CT molecular complexity index is 1470. The molecule has 43 heavy (non-hydrogen) atoms. The van der Waals surface area contributed by atoms with E-state index < -0.39 is 42.7 Å². The predicted octanol–water partition coefficient (Wildman–Crippen LogP) is 11.0. The number of allylic oxidation sites excluding steroid dienone is 8. The number of benzene rings is 2. The molecule has 0 heterocycles. The topological polar surface area (TPSA) is 18.5 Å². The van der Waals surface area contributed by atoms with E-state index in [1.807, 2.05) is 6.92 Å². The Balaban J connectivity index is 1.59. The van der Waals surface area contributed by atoms with E-state index >= 15 is 0 Å². The van der Waals surface area contributed by atoms with Gasteiger partial charge in [0.05, 0.1) is 0 Å². The van der Waals surface area contributed by atoms with E-state index in [-0.39, 0.29) is 18.8 Å². The summed E-state index contributed by atoms with van der Waals surface area (Å²) in [5.74, 6) is 0.528. The Kier molecular flexibility index (Phi) is 7.80. The summed E-state index contributed by atoms with van der Waals surface area (Å²) in [4.78, 5) is 0. The molecular weight excluding hydrogens is 646 g/mol. The van der Waals surface area contributed by atoms with Gasteiger partial charge in [-0.15, -0.1) is 0 Å². The summed E-state index contributed by atoms with van der Waals surface area (Å²) in [6.45, 7) is 1.91. The number of halogens is 6. The van der Waals surface area contributed by atoms with Gasteiger partial charge in [-0.1, -0.05) is 0 Å². The average molecular weight is 680 g/mol. The van der Waals surface area contributed by atoms with Crippen LogP contribution in [0.25, 0.3) is 0 Å². The van der Waals surface area contributed by atoms with Crippen molar-refractivity contribution in [2.45, 2.75) is 77.9 Å². The van der Waals surface area contributed by atoms with E-state index in [9.17, 15) is 26.3 Å². The van der Waals surface area contributed by atoms with Crippen molar-refractivity contribution < 1.29 is 51.1 Å². The van der Waals surface area contributed by atoms with Crippen molar-refractivity contribution in [1.82, 2.24) is 0 Å². The molecule has 0 radical (unpaired) electrons. The Hall–Kier alpha value is -2.67. The van der Waals surface area contributed by atoms with Crippen LogP contribution in [0, 0.1) is 0 Å². The fourth-order valence-electron chi connectivity index (χ4n) is 7.59. The fraction of sp³-hybridized carbons (Fsp3) is 0.382. The van der Waals surface area contributed by atoms with Crippen molar-refractivity contribution in [3.8, 4) is 11.5 Å². The quantitative estimate of drug-likeness (QED) is 0.283. The Labute approximate surface area is 249 Å². The van der Waals surface area contributed by atoms with Gasteiger partial charge in [0.1, 0.15) is 0 Å². The van der Waals surface area contributed by atoms with Crippen LogP contribution in [0.3, 0.4) is 0 Å². The van der Waals surface area contributed by atoms with Gasteiger partial charge < -0.3 is 0 Å². The molecule has 0 amide bonds. The molecule has 0 aromatic heterocycles. The van der Waals surface area contributed by atoms with E-state index in [0.29, 0.717) is 0 Å². The average Bonchev–Trinajstić information content (AvgIpc) is 3.63. The molecule has 2 atom stereocenters. The van der Waals surface area contributed by atoms with E-state index in [4.69, 9.17) is 5.63 Å². The van der Waals surface area contributed by atoms with Crippen LogP contribution >= 0.6 is 0 Å². The van der Waals surface area contributed by atoms with Crippen LogP contribution in [0.2, 0.25) is 7.25 Å². The second-order valence-electron chi connectivity index (χ2n) is 12.0. The molecule has 0 fully saturated rings. The Morgan fingerprint density at radius 2 is 0.977 bits per heavy atom. The van der Waals surface area contributed by atoms with Crippen LogP contribution in [0.15, 0.2) is 95.1 Å². The summed E-state index contributed by atoms with van der Waals surface area (Å²) >= 11 is -5.62. The molecule has 0 saturated heterocycles. The van der Waals surface area contributed by atoms with Crippen LogP contribution in [0.1, 0.15) is 69.4 Å². The Morgan fingerprint density at radius 1 is 0.605 bits per heavy atom. The third-order valence-corrected chi connectivity index (χ3v) is 24.5. The maximum atomic E-state index is 13.5. The van der Waals surface area contributed by atoms with E-state index in [0.717, 1.165) is 75.6 Å². The summed E-state index contributed by atoms with van der Waals surface area (Å²) in [6, 6.07) is 9.44. The molecule has 4 aliphatic carbocycles. The van der Waals surface area contributed by atoms with Crippen LogP contribution in [0.5, 0.6) is 11.5 Å². The molecule has 2 nitrogen and oxygen atoms in total. The first-order valence-electron chi connectivity index (χ1n) is 14.9. The monoisotopic (exact) mass is 678 g/mol. The van der Waals surface area contributed by atoms with Crippen molar-refractivity contribution in [3.63, 3.8) is 0 Å². The van der Waals surface area contributed by atoms with Gasteiger partial charge in [0, 0.05) is 0 Å². The van der Waals surface area contributed by atoms with Crippen molar-refractivity contribution in [1.29, 1.82) is 0 Å². The van der Waals surface area contributed by atoms with Crippen LogP contribution in [-0.2, 0) is 31.5 Å². The normalized spacial score (nSPS) is 22.5. The zero-order chi connectivity index (χ0) is 30.5. The van der Waals surface area contributed by atoms with Gasteiger partial charge in [-0.05, 0) is 0 Å². The molecular formula is C34H34F6O2Zr. The van der Waals surface area contributed by atoms with E-state index in [2.05, 4.69) is 28.0 Å². The molecule has 0 spiro atoms. The molecule has 4 aliphatic rings. The number of rotatable bonds is 6. The maximum absolute atomic E-state index is 13.5. The fourth-order valence-corrected chi connectivity index (χ4v) is 22.7. The molecule has 0 aliphatic heterocycles. The van der Waals surface area contributed by atoms with Gasteiger partial charge in [0.15, 0.2) is 0 Å². The zero-order valence-electron chi connectivity index (χ0n) is 23.9. The van der Waals surface area contributed by atoms with Gasteiger partial charge in [-0.25, -0.2) is 0 Å². The summed E-state index contributed by atoms with van der Waals surface area (Å²) in [7, 11) is 0. The molecule has 0 saturated carbocycles. The molecule has 0 bridgehead atoms. The van der Waals surface area contributed by atoms with E-state index in [1.54, 1.807) is 0 Å². The first-order chi connectivity index (χ1) is 20.4. The van der Waals surface area contributed by atoms with Crippen LogP contribution in [-0.4, -0.2) is 3.71 Å². The zero-order valence-corrected chi connectivity index (χ0v) is 26.4. The molecule has 228 valence electrons. The second kappa shape index (κ2) is 11.0. The number of hydrogen-bond acceptors (Lipinski definition) is 2. The SMILES string of the molecule is C[CH]=[Zr]([O]c1ccc(C(F)(F)F)cc1)([O]c1ccc(C(F)(F)F)cc1)([CH]1C=CC2=C1CCCC2)[CH]1C=CC2=C1CCCC2. The number of alkyl halides is 6. The summed E-state index contributed by atoms with van der Waals surface area (Å²) in [6.07, 6.45) is 7.22. The minimum atomic E-state index is -5.62. The number of hydrogen-bond donors (Lipinski definition) is 0. The van der Waals surface area contributed by atoms with Crippen molar-refractivity contribution in [2.75, 3.05) is 0 Å². The molecule has 2 unspecified atom stereocenters. The summed E-state index contributed by atoms with van der Waals surface area (Å²) in [5.41, 5.74) is 3.37. The van der Waals surface area contributed by atoms with Gasteiger partial charge in [0.25, 0.3) is 0 Å². The molecule has 2 aromatic carbocycles. The minimum absolute atomic E-state index is 0.264. The third kappa shape index (κ3) is 5.34. The first-order valence-corrected chi connectivity index (χ1v) is 21.2. The van der Waals surface area contributed by atoms with Crippen molar-refractivity contribution >= 4 is 3.71 Å². The molecule has 2 aromatic rings. The molecule has 6 rings (SSSR count). The second-order valence-corrected chi connectivity index (χ2v) is 23.8. The standard InChI is InChI=1S/2C9H11.2C7H5F3O.C2H4.Zr/c2*1-2-5-9-7-3-6-8(9)4-1;2*8-7(9,10)5-1-3-6(11)4-2-5;1-2;/h2*3,6-7H,1-2,4-5H2;2*1-4,11H;1H,2H3;/q;;;;;+2/p-2. The van der Waals surface area contributed by atoms with Gasteiger partial charge in [0.2, 0.25) is 0 Å². The van der Waals surface area contributed by atoms with Crippen molar-refractivity contribution in [3.05, 3.63) is 106 Å². The summed E-state index contributed by atoms with van der Waals surface area (Å²) in [5, 5.41) is 0.